The maximum atomic E-state index is 12.7. The summed E-state index contributed by atoms with van der Waals surface area (Å²) in [6, 6.07) is 5.28. The summed E-state index contributed by atoms with van der Waals surface area (Å²) < 4.78 is 38.9. The molecule has 0 saturated heterocycles. The standard InChI is InChI=1S/C13H21FN2O3S/c1-13(17,10-16(2)3)9-15-20(18,19)8-11-4-6-12(14)7-5-11/h4-7,15,17H,8-10H2,1-3H3. The third kappa shape index (κ3) is 6.42. The molecule has 20 heavy (non-hydrogen) atoms. The summed E-state index contributed by atoms with van der Waals surface area (Å²) in [7, 11) is 0.0188. The molecule has 1 unspecified atom stereocenters. The summed E-state index contributed by atoms with van der Waals surface area (Å²) in [6.07, 6.45) is 0. The third-order valence-electron chi connectivity index (χ3n) is 2.60. The number of aliphatic hydroxyl groups is 1. The van der Waals surface area contributed by atoms with E-state index in [1.807, 2.05) is 0 Å². The summed E-state index contributed by atoms with van der Waals surface area (Å²) in [6.45, 7) is 1.83. The van der Waals surface area contributed by atoms with E-state index in [-0.39, 0.29) is 12.3 Å². The molecule has 114 valence electrons. The third-order valence-corrected chi connectivity index (χ3v) is 3.90. The van der Waals surface area contributed by atoms with E-state index in [1.165, 1.54) is 24.3 Å². The Hall–Kier alpha value is -1.02. The summed E-state index contributed by atoms with van der Waals surface area (Å²) >= 11 is 0. The van der Waals surface area contributed by atoms with E-state index in [4.69, 9.17) is 0 Å². The van der Waals surface area contributed by atoms with Crippen LogP contribution in [0, 0.1) is 5.82 Å². The van der Waals surface area contributed by atoms with Crippen molar-refractivity contribution in [1.82, 2.24) is 9.62 Å². The first-order chi connectivity index (χ1) is 9.10. The lowest BCUT2D eigenvalue weighted by Gasteiger charge is -2.27. The highest BCUT2D eigenvalue weighted by Gasteiger charge is 2.24. The van der Waals surface area contributed by atoms with Crippen molar-refractivity contribution in [2.45, 2.75) is 18.3 Å². The average molecular weight is 304 g/mol. The van der Waals surface area contributed by atoms with Crippen molar-refractivity contribution in [2.24, 2.45) is 0 Å². The van der Waals surface area contributed by atoms with Gasteiger partial charge in [0.2, 0.25) is 10.0 Å². The van der Waals surface area contributed by atoms with Crippen LogP contribution in [0.4, 0.5) is 4.39 Å². The van der Waals surface area contributed by atoms with E-state index >= 15 is 0 Å². The maximum absolute atomic E-state index is 12.7. The number of nitrogens with zero attached hydrogens (tertiary/aromatic N) is 1. The van der Waals surface area contributed by atoms with Gasteiger partial charge >= 0.3 is 0 Å². The molecule has 0 aromatic heterocycles. The Balaban J connectivity index is 2.60. The average Bonchev–Trinajstić information content (AvgIpc) is 2.28. The number of likely N-dealkylation sites (N-methyl/N-ethyl adjacent to an activating group) is 1. The number of hydrogen-bond donors (Lipinski definition) is 2. The minimum absolute atomic E-state index is 0.0747. The Labute approximate surface area is 119 Å². The molecule has 0 bridgehead atoms. The van der Waals surface area contributed by atoms with Gasteiger partial charge in [0.05, 0.1) is 11.4 Å². The van der Waals surface area contributed by atoms with Crippen LogP contribution in [-0.2, 0) is 15.8 Å². The highest BCUT2D eigenvalue weighted by atomic mass is 32.2. The van der Waals surface area contributed by atoms with Crippen LogP contribution < -0.4 is 4.72 Å². The predicted molar refractivity (Wildman–Crippen MR) is 76.2 cm³/mol. The molecule has 1 aromatic rings. The van der Waals surface area contributed by atoms with Crippen molar-refractivity contribution in [2.75, 3.05) is 27.2 Å². The van der Waals surface area contributed by atoms with Gasteiger partial charge < -0.3 is 10.0 Å². The van der Waals surface area contributed by atoms with Gasteiger partial charge in [0.1, 0.15) is 5.82 Å². The zero-order valence-corrected chi connectivity index (χ0v) is 12.7. The van der Waals surface area contributed by atoms with Crippen LogP contribution in [0.5, 0.6) is 0 Å². The molecule has 1 atom stereocenters. The van der Waals surface area contributed by atoms with Gasteiger partial charge in [-0.2, -0.15) is 0 Å². The quantitative estimate of drug-likeness (QED) is 0.772. The largest absolute Gasteiger partial charge is 0.387 e. The molecule has 1 rings (SSSR count). The molecule has 2 N–H and O–H groups in total. The van der Waals surface area contributed by atoms with Crippen molar-refractivity contribution in [3.05, 3.63) is 35.6 Å². The number of benzene rings is 1. The topological polar surface area (TPSA) is 69.6 Å². The van der Waals surface area contributed by atoms with Crippen LogP contribution in [0.3, 0.4) is 0 Å². The van der Waals surface area contributed by atoms with Crippen LogP contribution >= 0.6 is 0 Å². The number of hydrogen-bond acceptors (Lipinski definition) is 4. The Morgan fingerprint density at radius 3 is 2.35 bits per heavy atom. The zero-order chi connectivity index (χ0) is 15.4. The summed E-state index contributed by atoms with van der Waals surface area (Å²) in [5, 5.41) is 10.0. The van der Waals surface area contributed by atoms with Crippen LogP contribution in [0.15, 0.2) is 24.3 Å². The monoisotopic (exact) mass is 304 g/mol. The van der Waals surface area contributed by atoms with Gasteiger partial charge in [0.15, 0.2) is 0 Å². The molecular weight excluding hydrogens is 283 g/mol. The lowest BCUT2D eigenvalue weighted by Crippen LogP contribution is -2.47. The lowest BCUT2D eigenvalue weighted by atomic mass is 10.1. The van der Waals surface area contributed by atoms with Gasteiger partial charge in [-0.25, -0.2) is 17.5 Å². The Bertz CT molecular complexity index is 527. The highest BCUT2D eigenvalue weighted by molar-refractivity contribution is 7.88. The predicted octanol–water partition coefficient (Wildman–Crippen LogP) is 0.558. The summed E-state index contributed by atoms with van der Waals surface area (Å²) in [4.78, 5) is 1.77. The van der Waals surface area contributed by atoms with Gasteiger partial charge in [-0.15, -0.1) is 0 Å². The van der Waals surface area contributed by atoms with Gasteiger partial charge in [0, 0.05) is 13.1 Å². The van der Waals surface area contributed by atoms with Crippen LogP contribution in [-0.4, -0.2) is 51.2 Å². The molecule has 0 aliphatic carbocycles. The van der Waals surface area contributed by atoms with Crippen LogP contribution in [0.1, 0.15) is 12.5 Å². The Morgan fingerprint density at radius 2 is 1.85 bits per heavy atom. The first kappa shape index (κ1) is 17.0. The van der Waals surface area contributed by atoms with E-state index in [9.17, 15) is 17.9 Å². The smallest absolute Gasteiger partial charge is 0.215 e. The van der Waals surface area contributed by atoms with E-state index in [0.29, 0.717) is 12.1 Å². The molecule has 0 fully saturated rings. The molecule has 0 heterocycles. The molecule has 0 aliphatic rings. The van der Waals surface area contributed by atoms with Gasteiger partial charge in [-0.3, -0.25) is 0 Å². The van der Waals surface area contributed by atoms with E-state index in [2.05, 4.69) is 4.72 Å². The molecule has 0 aliphatic heterocycles. The van der Waals surface area contributed by atoms with E-state index in [1.54, 1.807) is 25.9 Å². The first-order valence-electron chi connectivity index (χ1n) is 6.18. The van der Waals surface area contributed by atoms with Gasteiger partial charge in [-0.1, -0.05) is 12.1 Å². The van der Waals surface area contributed by atoms with Crippen molar-refractivity contribution >= 4 is 10.0 Å². The second-order valence-electron chi connectivity index (χ2n) is 5.44. The molecule has 0 radical (unpaired) electrons. The van der Waals surface area contributed by atoms with Crippen molar-refractivity contribution in [1.29, 1.82) is 0 Å². The van der Waals surface area contributed by atoms with Crippen molar-refractivity contribution < 1.29 is 17.9 Å². The number of sulfonamides is 1. The minimum atomic E-state index is -3.57. The second kappa shape index (κ2) is 6.62. The van der Waals surface area contributed by atoms with Crippen molar-refractivity contribution in [3.63, 3.8) is 0 Å². The zero-order valence-electron chi connectivity index (χ0n) is 11.9. The Kier molecular flexibility index (Phi) is 5.64. The summed E-state index contributed by atoms with van der Waals surface area (Å²) in [5.41, 5.74) is -0.662. The van der Waals surface area contributed by atoms with Crippen molar-refractivity contribution in [3.8, 4) is 0 Å². The van der Waals surface area contributed by atoms with E-state index in [0.717, 1.165) is 0 Å². The molecule has 0 spiro atoms. The van der Waals surface area contributed by atoms with Gasteiger partial charge in [-0.05, 0) is 38.7 Å². The molecule has 1 aromatic carbocycles. The first-order valence-corrected chi connectivity index (χ1v) is 7.84. The lowest BCUT2D eigenvalue weighted by molar-refractivity contribution is 0.0386. The number of nitrogens with one attached hydrogen (secondary N) is 1. The molecule has 5 nitrogen and oxygen atoms in total. The van der Waals surface area contributed by atoms with E-state index < -0.39 is 21.4 Å². The maximum Gasteiger partial charge on any atom is 0.215 e. The second-order valence-corrected chi connectivity index (χ2v) is 7.25. The molecule has 7 heteroatoms. The number of rotatable bonds is 7. The fourth-order valence-corrected chi connectivity index (χ4v) is 3.12. The fourth-order valence-electron chi connectivity index (χ4n) is 1.85. The van der Waals surface area contributed by atoms with Gasteiger partial charge in [0.25, 0.3) is 0 Å². The fraction of sp³-hybridized carbons (Fsp3) is 0.538. The number of halogens is 1. The molecule has 0 amide bonds. The summed E-state index contributed by atoms with van der Waals surface area (Å²) in [5.74, 6) is -0.654. The highest BCUT2D eigenvalue weighted by Crippen LogP contribution is 2.08. The molecular formula is C13H21FN2O3S. The van der Waals surface area contributed by atoms with Crippen LogP contribution in [0.25, 0.3) is 0 Å². The Morgan fingerprint density at radius 1 is 1.30 bits per heavy atom. The van der Waals surface area contributed by atoms with Crippen LogP contribution in [0.2, 0.25) is 0 Å². The normalized spacial score (nSPS) is 15.3. The molecule has 0 saturated carbocycles. The SMILES string of the molecule is CN(C)CC(C)(O)CNS(=O)(=O)Cc1ccc(F)cc1. The minimum Gasteiger partial charge on any atom is -0.387 e.